The molecular formula is C13H15ClN2O. The van der Waals surface area contributed by atoms with Gasteiger partial charge in [0.1, 0.15) is 5.38 Å². The number of halogens is 1. The Kier molecular flexibility index (Phi) is 4.99. The summed E-state index contributed by atoms with van der Waals surface area (Å²) < 4.78 is 0. The monoisotopic (exact) mass is 250 g/mol. The Morgan fingerprint density at radius 3 is 2.59 bits per heavy atom. The highest BCUT2D eigenvalue weighted by Gasteiger charge is 2.22. The van der Waals surface area contributed by atoms with Gasteiger partial charge in [0.25, 0.3) is 0 Å². The Morgan fingerprint density at radius 2 is 2.06 bits per heavy atom. The smallest absolute Gasteiger partial charge is 0.244 e. The van der Waals surface area contributed by atoms with Crippen LogP contribution in [0.1, 0.15) is 17.9 Å². The number of benzene rings is 1. The zero-order valence-corrected chi connectivity index (χ0v) is 10.7. The van der Waals surface area contributed by atoms with Crippen molar-refractivity contribution < 1.29 is 4.79 Å². The minimum atomic E-state index is -0.688. The van der Waals surface area contributed by atoms with E-state index in [1.165, 1.54) is 4.90 Å². The molecule has 2 atom stereocenters. The summed E-state index contributed by atoms with van der Waals surface area (Å²) in [6, 6.07) is 11.3. The van der Waals surface area contributed by atoms with Crippen LogP contribution in [0, 0.1) is 17.2 Å². The first-order valence-corrected chi connectivity index (χ1v) is 5.83. The van der Waals surface area contributed by atoms with Gasteiger partial charge in [-0.3, -0.25) is 4.79 Å². The Bertz CT molecular complexity index is 413. The SMILES string of the molecule is CC(C#N)CN(C)C(=O)C(Cl)c1ccccc1. The van der Waals surface area contributed by atoms with Crippen LogP contribution in [0.4, 0.5) is 0 Å². The summed E-state index contributed by atoms with van der Waals surface area (Å²) in [5.41, 5.74) is 0.774. The second-order valence-corrected chi connectivity index (χ2v) is 4.46. The second kappa shape index (κ2) is 6.27. The minimum Gasteiger partial charge on any atom is -0.343 e. The third-order valence-corrected chi connectivity index (χ3v) is 2.89. The normalized spacial score (nSPS) is 13.5. The van der Waals surface area contributed by atoms with Gasteiger partial charge in [0.05, 0.1) is 12.0 Å². The first-order valence-electron chi connectivity index (χ1n) is 5.40. The summed E-state index contributed by atoms with van der Waals surface area (Å²) in [5, 5.41) is 8.01. The van der Waals surface area contributed by atoms with Gasteiger partial charge >= 0.3 is 0 Å². The van der Waals surface area contributed by atoms with Gasteiger partial charge in [-0.1, -0.05) is 30.3 Å². The van der Waals surface area contributed by atoms with Crippen LogP contribution in [-0.2, 0) is 4.79 Å². The van der Waals surface area contributed by atoms with E-state index in [-0.39, 0.29) is 11.8 Å². The molecule has 17 heavy (non-hydrogen) atoms. The molecule has 0 aromatic heterocycles. The number of alkyl halides is 1. The van der Waals surface area contributed by atoms with Crippen LogP contribution in [-0.4, -0.2) is 24.4 Å². The molecule has 1 aromatic rings. The number of nitrogens with zero attached hydrogens (tertiary/aromatic N) is 2. The predicted molar refractivity (Wildman–Crippen MR) is 67.5 cm³/mol. The number of likely N-dealkylation sites (N-methyl/N-ethyl adjacent to an activating group) is 1. The highest BCUT2D eigenvalue weighted by Crippen LogP contribution is 2.22. The van der Waals surface area contributed by atoms with Crippen LogP contribution in [0.2, 0.25) is 0 Å². The van der Waals surface area contributed by atoms with E-state index in [2.05, 4.69) is 6.07 Å². The van der Waals surface area contributed by atoms with Crippen LogP contribution >= 0.6 is 11.6 Å². The summed E-state index contributed by atoms with van der Waals surface area (Å²) >= 11 is 6.10. The van der Waals surface area contributed by atoms with Crippen LogP contribution in [0.15, 0.2) is 30.3 Å². The van der Waals surface area contributed by atoms with E-state index in [4.69, 9.17) is 16.9 Å². The van der Waals surface area contributed by atoms with Crippen molar-refractivity contribution in [1.82, 2.24) is 4.90 Å². The van der Waals surface area contributed by atoms with Crippen LogP contribution in [0.25, 0.3) is 0 Å². The van der Waals surface area contributed by atoms with Crippen molar-refractivity contribution >= 4 is 17.5 Å². The highest BCUT2D eigenvalue weighted by molar-refractivity contribution is 6.30. The first-order chi connectivity index (χ1) is 8.06. The van der Waals surface area contributed by atoms with Crippen molar-refractivity contribution in [3.8, 4) is 6.07 Å². The lowest BCUT2D eigenvalue weighted by atomic mass is 10.1. The lowest BCUT2D eigenvalue weighted by Crippen LogP contribution is -2.33. The third-order valence-electron chi connectivity index (χ3n) is 2.45. The largest absolute Gasteiger partial charge is 0.343 e. The van der Waals surface area contributed by atoms with Gasteiger partial charge in [-0.2, -0.15) is 5.26 Å². The van der Waals surface area contributed by atoms with Gasteiger partial charge < -0.3 is 4.90 Å². The summed E-state index contributed by atoms with van der Waals surface area (Å²) in [5.74, 6) is -0.372. The maximum Gasteiger partial charge on any atom is 0.244 e. The molecule has 0 radical (unpaired) electrons. The fourth-order valence-electron chi connectivity index (χ4n) is 1.50. The zero-order chi connectivity index (χ0) is 12.8. The standard InChI is InChI=1S/C13H15ClN2O/c1-10(8-15)9-16(2)13(17)12(14)11-6-4-3-5-7-11/h3-7,10,12H,9H2,1-2H3. The van der Waals surface area contributed by atoms with E-state index in [9.17, 15) is 4.79 Å². The predicted octanol–water partition coefficient (Wildman–Crippen LogP) is 2.58. The molecule has 1 aromatic carbocycles. The number of hydrogen-bond donors (Lipinski definition) is 0. The topological polar surface area (TPSA) is 44.1 Å². The quantitative estimate of drug-likeness (QED) is 0.771. The molecule has 0 aliphatic heterocycles. The van der Waals surface area contributed by atoms with Crippen LogP contribution in [0.5, 0.6) is 0 Å². The van der Waals surface area contributed by atoms with Crippen molar-refractivity contribution in [2.24, 2.45) is 5.92 Å². The summed E-state index contributed by atoms with van der Waals surface area (Å²) in [7, 11) is 1.66. The summed E-state index contributed by atoms with van der Waals surface area (Å²) in [4.78, 5) is 13.5. The summed E-state index contributed by atoms with van der Waals surface area (Å²) in [6.45, 7) is 2.17. The van der Waals surface area contributed by atoms with E-state index < -0.39 is 5.38 Å². The lowest BCUT2D eigenvalue weighted by molar-refractivity contribution is -0.129. The third kappa shape index (κ3) is 3.76. The van der Waals surface area contributed by atoms with Gasteiger partial charge in [-0.25, -0.2) is 0 Å². The molecule has 0 aliphatic carbocycles. The molecule has 0 aliphatic rings. The van der Waals surface area contributed by atoms with Crippen molar-refractivity contribution in [1.29, 1.82) is 5.26 Å². The van der Waals surface area contributed by atoms with E-state index >= 15 is 0 Å². The Hall–Kier alpha value is -1.53. The zero-order valence-electron chi connectivity index (χ0n) is 9.93. The lowest BCUT2D eigenvalue weighted by Gasteiger charge is -2.21. The fraction of sp³-hybridized carbons (Fsp3) is 0.385. The average molecular weight is 251 g/mol. The average Bonchev–Trinajstić information content (AvgIpc) is 2.37. The van der Waals surface area contributed by atoms with Crippen molar-refractivity contribution in [3.63, 3.8) is 0 Å². The molecule has 2 unspecified atom stereocenters. The van der Waals surface area contributed by atoms with E-state index in [1.807, 2.05) is 30.3 Å². The first kappa shape index (κ1) is 13.5. The maximum absolute atomic E-state index is 12.0. The van der Waals surface area contributed by atoms with Crippen molar-refractivity contribution in [3.05, 3.63) is 35.9 Å². The molecule has 0 N–H and O–H groups in total. The van der Waals surface area contributed by atoms with E-state index in [1.54, 1.807) is 14.0 Å². The molecule has 0 spiro atoms. The molecule has 0 heterocycles. The van der Waals surface area contributed by atoms with E-state index in [0.717, 1.165) is 5.56 Å². The number of carbonyl (C=O) groups excluding carboxylic acids is 1. The van der Waals surface area contributed by atoms with Crippen LogP contribution < -0.4 is 0 Å². The minimum absolute atomic E-state index is 0.181. The Balaban J connectivity index is 2.68. The molecule has 1 rings (SSSR count). The van der Waals surface area contributed by atoms with E-state index in [0.29, 0.717) is 6.54 Å². The van der Waals surface area contributed by atoms with Crippen LogP contribution in [0.3, 0.4) is 0 Å². The second-order valence-electron chi connectivity index (χ2n) is 4.02. The molecule has 90 valence electrons. The molecular weight excluding hydrogens is 236 g/mol. The molecule has 0 bridgehead atoms. The van der Waals surface area contributed by atoms with Crippen molar-refractivity contribution in [2.75, 3.05) is 13.6 Å². The number of hydrogen-bond acceptors (Lipinski definition) is 2. The van der Waals surface area contributed by atoms with Gasteiger partial charge in [0.2, 0.25) is 5.91 Å². The number of rotatable bonds is 4. The fourth-order valence-corrected chi connectivity index (χ4v) is 1.81. The van der Waals surface area contributed by atoms with Gasteiger partial charge in [-0.05, 0) is 12.5 Å². The molecule has 0 saturated heterocycles. The molecule has 0 saturated carbocycles. The molecule has 0 fully saturated rings. The van der Waals surface area contributed by atoms with Gasteiger partial charge in [0, 0.05) is 13.6 Å². The maximum atomic E-state index is 12.0. The molecule has 1 amide bonds. The number of carbonyl (C=O) groups is 1. The highest BCUT2D eigenvalue weighted by atomic mass is 35.5. The number of nitriles is 1. The number of amides is 1. The Labute approximate surface area is 107 Å². The van der Waals surface area contributed by atoms with Gasteiger partial charge in [-0.15, -0.1) is 11.6 Å². The Morgan fingerprint density at radius 1 is 1.47 bits per heavy atom. The van der Waals surface area contributed by atoms with Gasteiger partial charge in [0.15, 0.2) is 0 Å². The molecule has 4 heteroatoms. The molecule has 3 nitrogen and oxygen atoms in total. The summed E-state index contributed by atoms with van der Waals surface area (Å²) in [6.07, 6.45) is 0. The van der Waals surface area contributed by atoms with Crippen molar-refractivity contribution in [2.45, 2.75) is 12.3 Å².